The second-order valence-electron chi connectivity index (χ2n) is 4.88. The molecule has 2 aromatic rings. The minimum absolute atomic E-state index is 0.270. The first-order valence-electron chi connectivity index (χ1n) is 7.22. The lowest BCUT2D eigenvalue weighted by atomic mass is 10.2. The van der Waals surface area contributed by atoms with E-state index in [2.05, 4.69) is 15.6 Å². The van der Waals surface area contributed by atoms with Crippen LogP contribution in [0.3, 0.4) is 0 Å². The third kappa shape index (κ3) is 5.09. The van der Waals surface area contributed by atoms with Gasteiger partial charge in [-0.25, -0.2) is 0 Å². The average Bonchev–Trinajstić information content (AvgIpc) is 2.59. The van der Waals surface area contributed by atoms with Crippen molar-refractivity contribution in [3.8, 4) is 6.07 Å². The van der Waals surface area contributed by atoms with Crippen molar-refractivity contribution >= 4 is 17.3 Å². The highest BCUT2D eigenvalue weighted by atomic mass is 16.5. The first-order chi connectivity index (χ1) is 11.2. The molecule has 0 bridgehead atoms. The Balaban J connectivity index is 2.00. The van der Waals surface area contributed by atoms with Gasteiger partial charge in [0.15, 0.2) is 0 Å². The van der Waals surface area contributed by atoms with Crippen molar-refractivity contribution < 1.29 is 9.53 Å². The highest BCUT2D eigenvalue weighted by Crippen LogP contribution is 2.13. The summed E-state index contributed by atoms with van der Waals surface area (Å²) in [4.78, 5) is 16.3. The van der Waals surface area contributed by atoms with Gasteiger partial charge in [-0.2, -0.15) is 5.26 Å². The topological polar surface area (TPSA) is 87.0 Å². The fourth-order valence-electron chi connectivity index (χ4n) is 1.98. The van der Waals surface area contributed by atoms with Crippen molar-refractivity contribution in [3.63, 3.8) is 0 Å². The average molecular weight is 310 g/mol. The van der Waals surface area contributed by atoms with E-state index in [-0.39, 0.29) is 5.91 Å². The number of carbonyl (C=O) groups is 1. The van der Waals surface area contributed by atoms with Crippen LogP contribution in [-0.4, -0.2) is 31.2 Å². The molecule has 0 aliphatic heterocycles. The first kappa shape index (κ1) is 16.5. The summed E-state index contributed by atoms with van der Waals surface area (Å²) in [5.41, 5.74) is 2.30. The molecule has 1 aromatic carbocycles. The molecule has 0 fully saturated rings. The van der Waals surface area contributed by atoms with Crippen LogP contribution in [-0.2, 0) is 4.74 Å². The summed E-state index contributed by atoms with van der Waals surface area (Å²) < 4.78 is 4.98. The van der Waals surface area contributed by atoms with Crippen molar-refractivity contribution in [1.29, 1.82) is 5.26 Å². The number of ether oxygens (including phenoxy) is 1. The van der Waals surface area contributed by atoms with Crippen molar-refractivity contribution in [2.75, 3.05) is 30.9 Å². The van der Waals surface area contributed by atoms with E-state index in [9.17, 15) is 4.79 Å². The largest absolute Gasteiger partial charge is 0.385 e. The quantitative estimate of drug-likeness (QED) is 0.768. The first-order valence-corrected chi connectivity index (χ1v) is 7.22. The zero-order valence-corrected chi connectivity index (χ0v) is 12.9. The normalized spacial score (nSPS) is 9.91. The number of carbonyl (C=O) groups excluding carboxylic acids is 1. The fraction of sp³-hybridized carbons (Fsp3) is 0.235. The summed E-state index contributed by atoms with van der Waals surface area (Å²) in [5.74, 6) is -0.270. The van der Waals surface area contributed by atoms with E-state index in [1.807, 2.05) is 6.07 Å². The predicted molar refractivity (Wildman–Crippen MR) is 88.3 cm³/mol. The molecule has 1 heterocycles. The van der Waals surface area contributed by atoms with E-state index >= 15 is 0 Å². The standard InChI is InChI=1S/C17H18N4O2/c1-23-7-3-6-20-16-9-14(11-19-12-16)17(22)21-15-5-2-4-13(8-15)10-18/h2,4-5,8-9,11-12,20H,3,6-7H2,1H3,(H,21,22). The van der Waals surface area contributed by atoms with E-state index in [1.165, 1.54) is 6.20 Å². The number of methoxy groups -OCH3 is 1. The van der Waals surface area contributed by atoms with Crippen molar-refractivity contribution in [1.82, 2.24) is 4.98 Å². The molecule has 0 spiro atoms. The molecule has 0 saturated carbocycles. The molecule has 0 atom stereocenters. The highest BCUT2D eigenvalue weighted by molar-refractivity contribution is 6.04. The lowest BCUT2D eigenvalue weighted by Gasteiger charge is -2.08. The number of nitrogens with one attached hydrogen (secondary N) is 2. The van der Waals surface area contributed by atoms with Crippen LogP contribution >= 0.6 is 0 Å². The molecular formula is C17H18N4O2. The number of nitriles is 1. The van der Waals surface area contributed by atoms with E-state index in [1.54, 1.807) is 43.6 Å². The van der Waals surface area contributed by atoms with E-state index < -0.39 is 0 Å². The van der Waals surface area contributed by atoms with Crippen LogP contribution in [0.1, 0.15) is 22.3 Å². The van der Waals surface area contributed by atoms with Gasteiger partial charge in [-0.1, -0.05) is 6.07 Å². The number of hydrogen-bond acceptors (Lipinski definition) is 5. The van der Waals surface area contributed by atoms with E-state index in [0.717, 1.165) is 18.7 Å². The van der Waals surface area contributed by atoms with Crippen LogP contribution in [0, 0.1) is 11.3 Å². The van der Waals surface area contributed by atoms with Crippen molar-refractivity contribution in [2.45, 2.75) is 6.42 Å². The third-order valence-electron chi connectivity index (χ3n) is 3.10. The molecule has 1 aromatic heterocycles. The van der Waals surface area contributed by atoms with E-state index in [4.69, 9.17) is 10.00 Å². The Morgan fingerprint density at radius 3 is 2.96 bits per heavy atom. The Morgan fingerprint density at radius 2 is 2.17 bits per heavy atom. The monoisotopic (exact) mass is 310 g/mol. The molecule has 6 heteroatoms. The molecule has 118 valence electrons. The molecule has 2 N–H and O–H groups in total. The lowest BCUT2D eigenvalue weighted by Crippen LogP contribution is -2.13. The number of hydrogen-bond donors (Lipinski definition) is 2. The van der Waals surface area contributed by atoms with Crippen LogP contribution < -0.4 is 10.6 Å². The number of pyridine rings is 1. The summed E-state index contributed by atoms with van der Waals surface area (Å²) in [6, 6.07) is 10.5. The van der Waals surface area contributed by atoms with Gasteiger partial charge in [0.2, 0.25) is 0 Å². The predicted octanol–water partition coefficient (Wildman–Crippen LogP) is 2.65. The van der Waals surface area contributed by atoms with Gasteiger partial charge in [0.25, 0.3) is 5.91 Å². The van der Waals surface area contributed by atoms with Crippen molar-refractivity contribution in [3.05, 3.63) is 53.9 Å². The number of nitrogens with zero attached hydrogens (tertiary/aromatic N) is 2. The molecule has 6 nitrogen and oxygen atoms in total. The third-order valence-corrected chi connectivity index (χ3v) is 3.10. The molecule has 0 aliphatic carbocycles. The Bertz CT molecular complexity index is 710. The fourth-order valence-corrected chi connectivity index (χ4v) is 1.98. The second kappa shape index (κ2) is 8.51. The molecule has 1 amide bonds. The summed E-state index contributed by atoms with van der Waals surface area (Å²) >= 11 is 0. The number of benzene rings is 1. The Labute approximate surface area is 135 Å². The van der Waals surface area contributed by atoms with Crippen LogP contribution in [0.2, 0.25) is 0 Å². The van der Waals surface area contributed by atoms with Gasteiger partial charge in [0, 0.05) is 38.3 Å². The number of amides is 1. The van der Waals surface area contributed by atoms with Crippen LogP contribution in [0.5, 0.6) is 0 Å². The van der Waals surface area contributed by atoms with Gasteiger partial charge >= 0.3 is 0 Å². The maximum atomic E-state index is 12.3. The maximum Gasteiger partial charge on any atom is 0.257 e. The maximum absolute atomic E-state index is 12.3. The summed E-state index contributed by atoms with van der Waals surface area (Å²) in [6.07, 6.45) is 4.04. The SMILES string of the molecule is COCCCNc1cncc(C(=O)Nc2cccc(C#N)c2)c1. The van der Waals surface area contributed by atoms with Crippen LogP contribution in [0.15, 0.2) is 42.7 Å². The zero-order valence-electron chi connectivity index (χ0n) is 12.9. The van der Waals surface area contributed by atoms with Crippen LogP contribution in [0.4, 0.5) is 11.4 Å². The van der Waals surface area contributed by atoms with Gasteiger partial charge in [-0.3, -0.25) is 9.78 Å². The van der Waals surface area contributed by atoms with Gasteiger partial charge < -0.3 is 15.4 Å². The number of rotatable bonds is 7. The highest BCUT2D eigenvalue weighted by Gasteiger charge is 2.08. The Hall–Kier alpha value is -2.91. The van der Waals surface area contributed by atoms with Crippen molar-refractivity contribution in [2.24, 2.45) is 0 Å². The smallest absolute Gasteiger partial charge is 0.257 e. The molecule has 0 saturated heterocycles. The van der Waals surface area contributed by atoms with Gasteiger partial charge in [-0.15, -0.1) is 0 Å². The van der Waals surface area contributed by atoms with Crippen LogP contribution in [0.25, 0.3) is 0 Å². The van der Waals surface area contributed by atoms with Gasteiger partial charge in [0.05, 0.1) is 22.9 Å². The minimum Gasteiger partial charge on any atom is -0.385 e. The molecular weight excluding hydrogens is 292 g/mol. The lowest BCUT2D eigenvalue weighted by molar-refractivity contribution is 0.102. The zero-order chi connectivity index (χ0) is 16.5. The molecule has 23 heavy (non-hydrogen) atoms. The summed E-state index contributed by atoms with van der Waals surface area (Å²) in [7, 11) is 1.66. The molecule has 0 unspecified atom stereocenters. The number of aromatic nitrogens is 1. The Morgan fingerprint density at radius 1 is 1.30 bits per heavy atom. The summed E-state index contributed by atoms with van der Waals surface area (Å²) in [5, 5.41) is 14.8. The molecule has 0 radical (unpaired) electrons. The summed E-state index contributed by atoms with van der Waals surface area (Å²) in [6.45, 7) is 1.42. The van der Waals surface area contributed by atoms with E-state index in [0.29, 0.717) is 23.4 Å². The van der Waals surface area contributed by atoms with Gasteiger partial charge in [-0.05, 0) is 30.7 Å². The number of anilines is 2. The minimum atomic E-state index is -0.270. The second-order valence-corrected chi connectivity index (χ2v) is 4.88. The molecule has 2 rings (SSSR count). The van der Waals surface area contributed by atoms with Gasteiger partial charge in [0.1, 0.15) is 0 Å². The molecule has 0 aliphatic rings. The Kier molecular flexibility index (Phi) is 6.09.